The highest BCUT2D eigenvalue weighted by atomic mass is 19.1. The fourth-order valence-corrected chi connectivity index (χ4v) is 2.72. The lowest BCUT2D eigenvalue weighted by atomic mass is 10.0. The van der Waals surface area contributed by atoms with Crippen LogP contribution in [0.1, 0.15) is 31.9 Å². The summed E-state index contributed by atoms with van der Waals surface area (Å²) in [5, 5.41) is 3.22. The average molecular weight is 254 g/mol. The van der Waals surface area contributed by atoms with E-state index in [0.717, 1.165) is 13.0 Å². The number of likely N-dealkylation sites (N-methyl/N-ethyl adjacent to an activating group) is 1. The van der Waals surface area contributed by atoms with Crippen LogP contribution in [0.3, 0.4) is 0 Å². The van der Waals surface area contributed by atoms with Crippen LogP contribution in [0.2, 0.25) is 0 Å². The van der Waals surface area contributed by atoms with Gasteiger partial charge >= 0.3 is 0 Å². The molecule has 2 atom stereocenters. The van der Waals surface area contributed by atoms with Crippen LogP contribution in [0.25, 0.3) is 0 Å². The molecule has 0 aromatic heterocycles. The van der Waals surface area contributed by atoms with E-state index in [1.807, 2.05) is 7.05 Å². The lowest BCUT2D eigenvalue weighted by molar-refractivity contribution is 0.199. The summed E-state index contributed by atoms with van der Waals surface area (Å²) in [6.07, 6.45) is 0.815. The van der Waals surface area contributed by atoms with E-state index in [-0.39, 0.29) is 17.7 Å². The molecule has 1 saturated heterocycles. The van der Waals surface area contributed by atoms with Gasteiger partial charge in [0.2, 0.25) is 0 Å². The van der Waals surface area contributed by atoms with E-state index in [0.29, 0.717) is 17.6 Å². The quantitative estimate of drug-likeness (QED) is 0.892. The monoisotopic (exact) mass is 254 g/mol. The second-order valence-corrected chi connectivity index (χ2v) is 5.19. The summed E-state index contributed by atoms with van der Waals surface area (Å²) >= 11 is 0. The summed E-state index contributed by atoms with van der Waals surface area (Å²) in [4.78, 5) is 2.22. The molecule has 2 unspecified atom stereocenters. The highest BCUT2D eigenvalue weighted by Gasteiger charge is 2.35. The molecule has 1 aromatic carbocycles. The SMILES string of the molecule is CNC1CC(c2cc(F)ccc2F)N(C(C)C)C1. The first-order chi connectivity index (χ1) is 8.52. The maximum Gasteiger partial charge on any atom is 0.128 e. The zero-order chi connectivity index (χ0) is 13.3. The summed E-state index contributed by atoms with van der Waals surface area (Å²) in [5.41, 5.74) is 0.474. The number of halogens is 2. The van der Waals surface area contributed by atoms with Gasteiger partial charge in [-0.1, -0.05) is 0 Å². The third-order valence-corrected chi connectivity index (χ3v) is 3.73. The Morgan fingerprint density at radius 1 is 1.33 bits per heavy atom. The van der Waals surface area contributed by atoms with Crippen LogP contribution >= 0.6 is 0 Å². The minimum absolute atomic E-state index is 0.0434. The van der Waals surface area contributed by atoms with Crippen molar-refractivity contribution < 1.29 is 8.78 Å². The number of nitrogens with zero attached hydrogens (tertiary/aromatic N) is 1. The van der Waals surface area contributed by atoms with Crippen LogP contribution in [0.15, 0.2) is 18.2 Å². The maximum absolute atomic E-state index is 13.9. The summed E-state index contributed by atoms with van der Waals surface area (Å²) < 4.78 is 27.2. The number of nitrogens with one attached hydrogen (secondary N) is 1. The van der Waals surface area contributed by atoms with Gasteiger partial charge in [-0.2, -0.15) is 0 Å². The van der Waals surface area contributed by atoms with E-state index in [4.69, 9.17) is 0 Å². The van der Waals surface area contributed by atoms with Crippen molar-refractivity contribution >= 4 is 0 Å². The molecule has 1 fully saturated rings. The Kier molecular flexibility index (Phi) is 3.97. The summed E-state index contributed by atoms with van der Waals surface area (Å²) in [7, 11) is 1.91. The largest absolute Gasteiger partial charge is 0.316 e. The lowest BCUT2D eigenvalue weighted by Gasteiger charge is -2.28. The molecule has 1 aliphatic heterocycles. The Labute approximate surface area is 107 Å². The zero-order valence-corrected chi connectivity index (χ0v) is 11.1. The second-order valence-electron chi connectivity index (χ2n) is 5.19. The number of hydrogen-bond donors (Lipinski definition) is 1. The molecule has 0 aliphatic carbocycles. The lowest BCUT2D eigenvalue weighted by Crippen LogP contribution is -2.34. The van der Waals surface area contributed by atoms with Gasteiger partial charge in [-0.25, -0.2) is 8.78 Å². The zero-order valence-electron chi connectivity index (χ0n) is 11.1. The number of likely N-dealkylation sites (tertiary alicyclic amines) is 1. The van der Waals surface area contributed by atoms with E-state index in [9.17, 15) is 8.78 Å². The first-order valence-electron chi connectivity index (χ1n) is 6.41. The third kappa shape index (κ3) is 2.54. The molecule has 100 valence electrons. The normalized spacial score (nSPS) is 25.0. The van der Waals surface area contributed by atoms with E-state index in [1.165, 1.54) is 18.2 Å². The molecular formula is C14H20F2N2. The molecule has 2 rings (SSSR count). The summed E-state index contributed by atoms with van der Waals surface area (Å²) in [6.45, 7) is 5.04. The van der Waals surface area contributed by atoms with E-state index < -0.39 is 0 Å². The smallest absolute Gasteiger partial charge is 0.128 e. The molecule has 4 heteroatoms. The average Bonchev–Trinajstić information content (AvgIpc) is 2.76. The van der Waals surface area contributed by atoms with Crippen LogP contribution in [-0.4, -0.2) is 30.6 Å². The van der Waals surface area contributed by atoms with Crippen LogP contribution in [0.4, 0.5) is 8.78 Å². The van der Waals surface area contributed by atoms with Crippen LogP contribution < -0.4 is 5.32 Å². The van der Waals surface area contributed by atoms with Crippen molar-refractivity contribution in [2.75, 3.05) is 13.6 Å². The molecule has 0 spiro atoms. The molecule has 1 heterocycles. The minimum Gasteiger partial charge on any atom is -0.316 e. The molecule has 0 radical (unpaired) electrons. The van der Waals surface area contributed by atoms with Crippen molar-refractivity contribution in [3.8, 4) is 0 Å². The topological polar surface area (TPSA) is 15.3 Å². The van der Waals surface area contributed by atoms with Gasteiger partial charge in [-0.3, -0.25) is 4.90 Å². The Bertz CT molecular complexity index is 420. The van der Waals surface area contributed by atoms with Crippen molar-refractivity contribution in [1.82, 2.24) is 10.2 Å². The fourth-order valence-electron chi connectivity index (χ4n) is 2.72. The van der Waals surface area contributed by atoms with Gasteiger partial charge in [-0.15, -0.1) is 0 Å². The summed E-state index contributed by atoms with van der Waals surface area (Å²) in [6, 6.07) is 4.32. The molecule has 1 aliphatic rings. The van der Waals surface area contributed by atoms with Gasteiger partial charge in [0, 0.05) is 30.2 Å². The Hall–Kier alpha value is -1.00. The molecule has 0 amide bonds. The predicted molar refractivity (Wildman–Crippen MR) is 68.4 cm³/mol. The van der Waals surface area contributed by atoms with E-state index in [2.05, 4.69) is 24.1 Å². The molecule has 1 N–H and O–H groups in total. The van der Waals surface area contributed by atoms with Crippen LogP contribution in [-0.2, 0) is 0 Å². The first kappa shape index (κ1) is 13.4. The number of rotatable bonds is 3. The Balaban J connectivity index is 2.32. The van der Waals surface area contributed by atoms with Crippen LogP contribution in [0, 0.1) is 11.6 Å². The van der Waals surface area contributed by atoms with Gasteiger partial charge in [0.1, 0.15) is 11.6 Å². The van der Waals surface area contributed by atoms with Gasteiger partial charge in [0.25, 0.3) is 0 Å². The highest BCUT2D eigenvalue weighted by molar-refractivity contribution is 5.24. The Morgan fingerprint density at radius 3 is 2.67 bits per heavy atom. The van der Waals surface area contributed by atoms with Gasteiger partial charge in [0.15, 0.2) is 0 Å². The van der Waals surface area contributed by atoms with E-state index in [1.54, 1.807) is 0 Å². The van der Waals surface area contributed by atoms with Gasteiger partial charge < -0.3 is 5.32 Å². The third-order valence-electron chi connectivity index (χ3n) is 3.73. The maximum atomic E-state index is 13.9. The molecule has 0 bridgehead atoms. The number of hydrogen-bond acceptors (Lipinski definition) is 2. The van der Waals surface area contributed by atoms with Gasteiger partial charge in [0.05, 0.1) is 0 Å². The van der Waals surface area contributed by atoms with Gasteiger partial charge in [-0.05, 0) is 45.5 Å². The predicted octanol–water partition coefficient (Wildman–Crippen LogP) is 2.71. The number of benzene rings is 1. The molecule has 18 heavy (non-hydrogen) atoms. The highest BCUT2D eigenvalue weighted by Crippen LogP contribution is 2.35. The molecular weight excluding hydrogens is 234 g/mol. The first-order valence-corrected chi connectivity index (χ1v) is 6.41. The van der Waals surface area contributed by atoms with Crippen molar-refractivity contribution in [2.24, 2.45) is 0 Å². The Morgan fingerprint density at radius 2 is 2.06 bits per heavy atom. The molecule has 2 nitrogen and oxygen atoms in total. The minimum atomic E-state index is -0.372. The van der Waals surface area contributed by atoms with Crippen molar-refractivity contribution in [3.63, 3.8) is 0 Å². The molecule has 1 aromatic rings. The van der Waals surface area contributed by atoms with E-state index >= 15 is 0 Å². The summed E-state index contributed by atoms with van der Waals surface area (Å²) in [5.74, 6) is -0.688. The second kappa shape index (κ2) is 5.33. The molecule has 0 saturated carbocycles. The van der Waals surface area contributed by atoms with Crippen molar-refractivity contribution in [3.05, 3.63) is 35.4 Å². The van der Waals surface area contributed by atoms with Crippen LogP contribution in [0.5, 0.6) is 0 Å². The fraction of sp³-hybridized carbons (Fsp3) is 0.571. The standard InChI is InChI=1S/C14H20F2N2/c1-9(2)18-8-11(17-3)7-14(18)12-6-10(15)4-5-13(12)16/h4-6,9,11,14,17H,7-8H2,1-3H3. The van der Waals surface area contributed by atoms with Crippen molar-refractivity contribution in [2.45, 2.75) is 38.4 Å². The van der Waals surface area contributed by atoms with Crippen molar-refractivity contribution in [1.29, 1.82) is 0 Å².